The molecule has 1 atom stereocenters. The zero-order chi connectivity index (χ0) is 30.4. The molecule has 1 saturated heterocycles. The van der Waals surface area contributed by atoms with Crippen LogP contribution in [0.3, 0.4) is 0 Å². The SMILES string of the molecule is CC(C)N1CCN(C2CCC(n3cc(-c4ccc5c(ccn5Cc5ccccc5Cl)c4)c4c(N)ncnc43)CC2)CC1C=O. The molecule has 228 valence electrons. The molecular formula is C35H40ClN7O. The minimum atomic E-state index is -0.0116. The Morgan fingerprint density at radius 3 is 2.59 bits per heavy atom. The number of fused-ring (bicyclic) bond motifs is 2. The van der Waals surface area contributed by atoms with Crippen LogP contribution in [-0.4, -0.2) is 72.9 Å². The quantitative estimate of drug-likeness (QED) is 0.215. The van der Waals surface area contributed by atoms with E-state index < -0.39 is 0 Å². The van der Waals surface area contributed by atoms with Gasteiger partial charge in [-0.05, 0) is 74.9 Å². The Kier molecular flexibility index (Phi) is 7.91. The van der Waals surface area contributed by atoms with Gasteiger partial charge in [0.15, 0.2) is 0 Å². The van der Waals surface area contributed by atoms with E-state index in [0.717, 1.165) is 95.3 Å². The molecule has 1 aliphatic heterocycles. The highest BCUT2D eigenvalue weighted by atomic mass is 35.5. The van der Waals surface area contributed by atoms with E-state index in [1.807, 2.05) is 18.2 Å². The van der Waals surface area contributed by atoms with Gasteiger partial charge in [0, 0.05) is 78.2 Å². The molecule has 0 spiro atoms. The summed E-state index contributed by atoms with van der Waals surface area (Å²) in [4.78, 5) is 25.9. The molecule has 0 amide bonds. The average molecular weight is 610 g/mol. The van der Waals surface area contributed by atoms with Crippen molar-refractivity contribution in [1.82, 2.24) is 28.9 Å². The summed E-state index contributed by atoms with van der Waals surface area (Å²) in [6.07, 6.45) is 11.4. The molecule has 2 aliphatic rings. The van der Waals surface area contributed by atoms with Crippen LogP contribution in [0.2, 0.25) is 5.02 Å². The maximum absolute atomic E-state index is 11.9. The predicted octanol–water partition coefficient (Wildman–Crippen LogP) is 6.41. The highest BCUT2D eigenvalue weighted by Crippen LogP contribution is 2.40. The lowest BCUT2D eigenvalue weighted by Crippen LogP contribution is -2.58. The summed E-state index contributed by atoms with van der Waals surface area (Å²) < 4.78 is 4.58. The fraction of sp³-hybridized carbons (Fsp3) is 0.400. The van der Waals surface area contributed by atoms with Crippen molar-refractivity contribution in [2.24, 2.45) is 0 Å². The molecule has 0 bridgehead atoms. The maximum Gasteiger partial charge on any atom is 0.146 e. The number of nitrogens with zero attached hydrogens (tertiary/aromatic N) is 6. The molecular weight excluding hydrogens is 570 g/mol. The number of carbonyl (C=O) groups is 1. The van der Waals surface area contributed by atoms with Gasteiger partial charge >= 0.3 is 0 Å². The van der Waals surface area contributed by atoms with Crippen molar-refractivity contribution >= 4 is 45.6 Å². The number of nitrogens with two attached hydrogens (primary N) is 1. The van der Waals surface area contributed by atoms with Crippen LogP contribution in [0.25, 0.3) is 33.1 Å². The van der Waals surface area contributed by atoms with E-state index in [1.165, 1.54) is 0 Å². The summed E-state index contributed by atoms with van der Waals surface area (Å²) in [6.45, 7) is 7.89. The first kappa shape index (κ1) is 29.0. The fourth-order valence-corrected chi connectivity index (χ4v) is 7.76. The van der Waals surface area contributed by atoms with Crippen LogP contribution in [0, 0.1) is 0 Å². The zero-order valence-corrected chi connectivity index (χ0v) is 26.2. The second-order valence-corrected chi connectivity index (χ2v) is 13.1. The van der Waals surface area contributed by atoms with Gasteiger partial charge in [0.25, 0.3) is 0 Å². The number of hydrogen-bond donors (Lipinski definition) is 1. The van der Waals surface area contributed by atoms with Gasteiger partial charge in [-0.15, -0.1) is 0 Å². The van der Waals surface area contributed by atoms with Gasteiger partial charge in [0.1, 0.15) is 24.1 Å². The van der Waals surface area contributed by atoms with Crippen molar-refractivity contribution in [2.75, 3.05) is 25.4 Å². The molecule has 7 rings (SSSR count). The van der Waals surface area contributed by atoms with Gasteiger partial charge < -0.3 is 19.7 Å². The van der Waals surface area contributed by atoms with Crippen LogP contribution < -0.4 is 5.73 Å². The molecule has 2 fully saturated rings. The number of carbonyl (C=O) groups excluding carboxylic acids is 1. The summed E-state index contributed by atoms with van der Waals surface area (Å²) in [6, 6.07) is 18.0. The van der Waals surface area contributed by atoms with Crippen LogP contribution in [0.5, 0.6) is 0 Å². The van der Waals surface area contributed by atoms with E-state index in [-0.39, 0.29) is 6.04 Å². The van der Waals surface area contributed by atoms with E-state index in [4.69, 9.17) is 22.3 Å². The van der Waals surface area contributed by atoms with Crippen LogP contribution in [0.15, 0.2) is 67.3 Å². The molecule has 1 unspecified atom stereocenters. The number of aromatic nitrogens is 4. The van der Waals surface area contributed by atoms with E-state index in [2.05, 4.69) is 80.5 Å². The molecule has 1 aliphatic carbocycles. The minimum Gasteiger partial charge on any atom is -0.383 e. The Morgan fingerprint density at radius 1 is 1.02 bits per heavy atom. The first-order chi connectivity index (χ1) is 21.4. The summed E-state index contributed by atoms with van der Waals surface area (Å²) in [5.74, 6) is 0.511. The largest absolute Gasteiger partial charge is 0.383 e. The third-order valence-electron chi connectivity index (χ3n) is 9.91. The van der Waals surface area contributed by atoms with E-state index in [9.17, 15) is 4.79 Å². The Morgan fingerprint density at radius 2 is 1.82 bits per heavy atom. The molecule has 1 saturated carbocycles. The van der Waals surface area contributed by atoms with Gasteiger partial charge in [0.05, 0.1) is 11.4 Å². The highest BCUT2D eigenvalue weighted by Gasteiger charge is 2.34. The summed E-state index contributed by atoms with van der Waals surface area (Å²) in [5, 5.41) is 2.86. The molecule has 8 nitrogen and oxygen atoms in total. The van der Waals surface area contributed by atoms with Crippen LogP contribution in [0.1, 0.15) is 51.1 Å². The molecule has 0 radical (unpaired) electrons. The van der Waals surface area contributed by atoms with Gasteiger partial charge in [-0.25, -0.2) is 9.97 Å². The smallest absolute Gasteiger partial charge is 0.146 e. The Balaban J connectivity index is 1.13. The minimum absolute atomic E-state index is 0.0116. The van der Waals surface area contributed by atoms with E-state index >= 15 is 0 Å². The lowest BCUT2D eigenvalue weighted by atomic mass is 9.89. The van der Waals surface area contributed by atoms with Gasteiger partial charge in [-0.1, -0.05) is 35.9 Å². The second-order valence-electron chi connectivity index (χ2n) is 12.7. The average Bonchev–Trinajstić information content (AvgIpc) is 3.64. The highest BCUT2D eigenvalue weighted by molar-refractivity contribution is 6.31. The van der Waals surface area contributed by atoms with Crippen molar-refractivity contribution in [1.29, 1.82) is 0 Å². The lowest BCUT2D eigenvalue weighted by Gasteiger charge is -2.46. The standard InChI is InChI=1S/C35H40ClN7O/c1-23(2)42-16-15-40(19-29(42)21-44)27-8-10-28(11-9-27)43-20-30(33-34(37)38-22-39-35(33)43)24-7-12-32-25(17-24)13-14-41(32)18-26-5-3-4-6-31(26)36/h3-7,12-14,17,20-23,27-29H,8-11,15-16,18-19H2,1-2H3,(H2,37,38,39). The summed E-state index contributed by atoms with van der Waals surface area (Å²) >= 11 is 6.45. The number of nitrogen functional groups attached to an aromatic ring is 1. The topological polar surface area (TPSA) is 85.2 Å². The second kappa shape index (κ2) is 12.0. The van der Waals surface area contributed by atoms with Crippen molar-refractivity contribution in [3.63, 3.8) is 0 Å². The Bertz CT molecular complexity index is 1800. The Hall–Kier alpha value is -3.72. The van der Waals surface area contributed by atoms with Gasteiger partial charge in [0.2, 0.25) is 0 Å². The molecule has 2 N–H and O–H groups in total. The van der Waals surface area contributed by atoms with Crippen molar-refractivity contribution in [3.8, 4) is 11.1 Å². The first-order valence-corrected chi connectivity index (χ1v) is 16.2. The third-order valence-corrected chi connectivity index (χ3v) is 10.3. The molecule has 4 heterocycles. The van der Waals surface area contributed by atoms with Crippen LogP contribution >= 0.6 is 11.6 Å². The number of halogens is 1. The Labute approximate surface area is 263 Å². The molecule has 44 heavy (non-hydrogen) atoms. The number of rotatable bonds is 7. The molecule has 5 aromatic rings. The molecule has 3 aromatic heterocycles. The van der Waals surface area contributed by atoms with Crippen molar-refractivity contribution in [3.05, 3.63) is 77.8 Å². The predicted molar refractivity (Wildman–Crippen MR) is 178 cm³/mol. The molecule has 9 heteroatoms. The van der Waals surface area contributed by atoms with Crippen molar-refractivity contribution < 1.29 is 4.79 Å². The van der Waals surface area contributed by atoms with E-state index in [0.29, 0.717) is 30.5 Å². The first-order valence-electron chi connectivity index (χ1n) is 15.8. The number of anilines is 1. The van der Waals surface area contributed by atoms with Gasteiger partial charge in [-0.2, -0.15) is 0 Å². The zero-order valence-electron chi connectivity index (χ0n) is 25.4. The monoisotopic (exact) mass is 609 g/mol. The van der Waals surface area contributed by atoms with Crippen molar-refractivity contribution in [2.45, 2.75) is 70.2 Å². The normalized spacial score (nSPS) is 21.9. The summed E-state index contributed by atoms with van der Waals surface area (Å²) in [7, 11) is 0. The third kappa shape index (κ3) is 5.29. The fourth-order valence-electron chi connectivity index (χ4n) is 7.56. The van der Waals surface area contributed by atoms with Crippen LogP contribution in [0.4, 0.5) is 5.82 Å². The lowest BCUT2D eigenvalue weighted by molar-refractivity contribution is -0.116. The number of aldehydes is 1. The summed E-state index contributed by atoms with van der Waals surface area (Å²) in [5.41, 5.74) is 11.8. The molecule has 2 aromatic carbocycles. The van der Waals surface area contributed by atoms with Crippen LogP contribution in [-0.2, 0) is 11.3 Å². The number of benzene rings is 2. The number of hydrogen-bond acceptors (Lipinski definition) is 6. The maximum atomic E-state index is 11.9. The van der Waals surface area contributed by atoms with Gasteiger partial charge in [-0.3, -0.25) is 9.80 Å². The van der Waals surface area contributed by atoms with E-state index in [1.54, 1.807) is 6.33 Å². The number of piperazine rings is 1.